The van der Waals surface area contributed by atoms with Gasteiger partial charge in [0.25, 0.3) is 0 Å². The summed E-state index contributed by atoms with van der Waals surface area (Å²) in [6.45, 7) is 1.80. The van der Waals surface area contributed by atoms with Gasteiger partial charge in [0, 0.05) is 10.0 Å². The van der Waals surface area contributed by atoms with E-state index in [0.717, 1.165) is 10.0 Å². The van der Waals surface area contributed by atoms with E-state index in [0.29, 0.717) is 17.4 Å². The second-order valence-electron chi connectivity index (χ2n) is 2.42. The number of carbonyl (C=O) groups is 1. The minimum Gasteiger partial charge on any atom is -0.298 e. The molecule has 0 spiro atoms. The molecular weight excluding hydrogens is 218 g/mol. The first-order valence-electron chi connectivity index (χ1n) is 3.34. The van der Waals surface area contributed by atoms with Gasteiger partial charge >= 0.3 is 0 Å². The molecule has 0 N–H and O–H groups in total. The normalized spacial score (nSPS) is 9.08. The fraction of sp³-hybridized carbons (Fsp3) is 0.111. The number of nitriles is 1. The Hall–Kier alpha value is -1.14. The van der Waals surface area contributed by atoms with Crippen molar-refractivity contribution < 1.29 is 4.79 Å². The van der Waals surface area contributed by atoms with Crippen molar-refractivity contribution in [2.45, 2.75) is 6.92 Å². The number of hydrogen-bond acceptors (Lipinski definition) is 2. The van der Waals surface area contributed by atoms with Crippen LogP contribution in [-0.2, 0) is 0 Å². The van der Waals surface area contributed by atoms with Gasteiger partial charge in [-0.3, -0.25) is 4.79 Å². The molecule has 0 atom stereocenters. The highest BCUT2D eigenvalue weighted by molar-refractivity contribution is 9.10. The lowest BCUT2D eigenvalue weighted by Gasteiger charge is -2.00. The molecule has 1 aromatic rings. The minimum atomic E-state index is 0.435. The van der Waals surface area contributed by atoms with Crippen molar-refractivity contribution in [2.75, 3.05) is 0 Å². The SMILES string of the molecule is Cc1cc(Br)cc(C=O)c1C#N. The Morgan fingerprint density at radius 3 is 2.75 bits per heavy atom. The van der Waals surface area contributed by atoms with Crippen LogP contribution < -0.4 is 0 Å². The van der Waals surface area contributed by atoms with Crippen LogP contribution in [0.5, 0.6) is 0 Å². The summed E-state index contributed by atoms with van der Waals surface area (Å²) in [5.74, 6) is 0. The van der Waals surface area contributed by atoms with Crippen LogP contribution in [0.1, 0.15) is 21.5 Å². The largest absolute Gasteiger partial charge is 0.298 e. The van der Waals surface area contributed by atoms with Gasteiger partial charge in [-0.25, -0.2) is 0 Å². The van der Waals surface area contributed by atoms with Gasteiger partial charge in [-0.15, -0.1) is 0 Å². The van der Waals surface area contributed by atoms with Crippen LogP contribution in [0.4, 0.5) is 0 Å². The second-order valence-corrected chi connectivity index (χ2v) is 3.33. The van der Waals surface area contributed by atoms with E-state index in [9.17, 15) is 4.79 Å². The van der Waals surface area contributed by atoms with Crippen LogP contribution in [0.3, 0.4) is 0 Å². The van der Waals surface area contributed by atoms with E-state index in [1.54, 1.807) is 13.0 Å². The number of halogens is 1. The summed E-state index contributed by atoms with van der Waals surface area (Å²) in [7, 11) is 0. The Bertz CT molecular complexity index is 366. The maximum atomic E-state index is 10.5. The number of nitrogens with zero attached hydrogens (tertiary/aromatic N) is 1. The van der Waals surface area contributed by atoms with E-state index < -0.39 is 0 Å². The molecule has 0 bridgehead atoms. The molecule has 3 heteroatoms. The van der Waals surface area contributed by atoms with E-state index >= 15 is 0 Å². The van der Waals surface area contributed by atoms with Crippen molar-refractivity contribution in [1.29, 1.82) is 5.26 Å². The molecule has 0 heterocycles. The van der Waals surface area contributed by atoms with Gasteiger partial charge in [0.2, 0.25) is 0 Å². The summed E-state index contributed by atoms with van der Waals surface area (Å²) in [6.07, 6.45) is 0.691. The highest BCUT2D eigenvalue weighted by Gasteiger charge is 2.05. The maximum absolute atomic E-state index is 10.5. The van der Waals surface area contributed by atoms with Gasteiger partial charge in [0.05, 0.1) is 5.56 Å². The lowest BCUT2D eigenvalue weighted by Crippen LogP contribution is -1.91. The van der Waals surface area contributed by atoms with Gasteiger partial charge < -0.3 is 0 Å². The zero-order chi connectivity index (χ0) is 9.14. The molecule has 0 fully saturated rings. The number of aldehydes is 1. The predicted molar refractivity (Wildman–Crippen MR) is 49.0 cm³/mol. The molecular formula is C9H6BrNO. The third-order valence-corrected chi connectivity index (χ3v) is 2.03. The molecule has 0 aliphatic rings. The number of carbonyl (C=O) groups excluding carboxylic acids is 1. The summed E-state index contributed by atoms with van der Waals surface area (Å²) in [5.41, 5.74) is 1.70. The van der Waals surface area contributed by atoms with Crippen LogP contribution in [0, 0.1) is 18.3 Å². The highest BCUT2D eigenvalue weighted by atomic mass is 79.9. The molecule has 12 heavy (non-hydrogen) atoms. The van der Waals surface area contributed by atoms with Crippen LogP contribution in [0.15, 0.2) is 16.6 Å². The highest BCUT2D eigenvalue weighted by Crippen LogP contribution is 2.18. The minimum absolute atomic E-state index is 0.435. The Morgan fingerprint density at radius 1 is 1.58 bits per heavy atom. The molecule has 60 valence electrons. The summed E-state index contributed by atoms with van der Waals surface area (Å²) < 4.78 is 0.820. The number of hydrogen-bond donors (Lipinski definition) is 0. The van der Waals surface area contributed by atoms with Crippen LogP contribution in [-0.4, -0.2) is 6.29 Å². The Kier molecular flexibility index (Phi) is 2.61. The van der Waals surface area contributed by atoms with Crippen molar-refractivity contribution >= 4 is 22.2 Å². The lowest BCUT2D eigenvalue weighted by atomic mass is 10.0. The Morgan fingerprint density at radius 2 is 2.25 bits per heavy atom. The fourth-order valence-electron chi connectivity index (χ4n) is 1.01. The third-order valence-electron chi connectivity index (χ3n) is 1.57. The summed E-state index contributed by atoms with van der Waals surface area (Å²) in [5, 5.41) is 8.70. The molecule has 1 rings (SSSR count). The van der Waals surface area contributed by atoms with Crippen molar-refractivity contribution in [2.24, 2.45) is 0 Å². The average Bonchev–Trinajstić information content (AvgIpc) is 2.03. The van der Waals surface area contributed by atoms with Crippen LogP contribution >= 0.6 is 15.9 Å². The molecule has 1 aromatic carbocycles. The molecule has 0 saturated heterocycles. The topological polar surface area (TPSA) is 40.9 Å². The summed E-state index contributed by atoms with van der Waals surface area (Å²) in [6, 6.07) is 5.44. The van der Waals surface area contributed by atoms with Crippen molar-refractivity contribution in [3.63, 3.8) is 0 Å². The molecule has 0 unspecified atom stereocenters. The van der Waals surface area contributed by atoms with Crippen molar-refractivity contribution in [1.82, 2.24) is 0 Å². The summed E-state index contributed by atoms with van der Waals surface area (Å²) in [4.78, 5) is 10.5. The molecule has 0 aliphatic carbocycles. The molecule has 0 aromatic heterocycles. The van der Waals surface area contributed by atoms with Crippen LogP contribution in [0.25, 0.3) is 0 Å². The fourth-order valence-corrected chi connectivity index (χ4v) is 1.60. The van der Waals surface area contributed by atoms with E-state index in [1.807, 2.05) is 12.1 Å². The van der Waals surface area contributed by atoms with Gasteiger partial charge in [0.15, 0.2) is 6.29 Å². The molecule has 0 radical (unpaired) electrons. The van der Waals surface area contributed by atoms with Gasteiger partial charge in [-0.1, -0.05) is 15.9 Å². The summed E-state index contributed by atoms with van der Waals surface area (Å²) >= 11 is 3.25. The molecule has 0 saturated carbocycles. The van der Waals surface area contributed by atoms with E-state index in [4.69, 9.17) is 5.26 Å². The Balaban J connectivity index is 3.46. The molecule has 0 amide bonds. The number of rotatable bonds is 1. The smallest absolute Gasteiger partial charge is 0.151 e. The first kappa shape index (κ1) is 8.95. The predicted octanol–water partition coefficient (Wildman–Crippen LogP) is 2.44. The number of aryl methyl sites for hydroxylation is 1. The lowest BCUT2D eigenvalue weighted by molar-refractivity contribution is 0.112. The molecule has 2 nitrogen and oxygen atoms in total. The number of benzene rings is 1. The first-order chi connectivity index (χ1) is 5.69. The van der Waals surface area contributed by atoms with Crippen molar-refractivity contribution in [3.05, 3.63) is 33.3 Å². The molecule has 0 aliphatic heterocycles. The maximum Gasteiger partial charge on any atom is 0.151 e. The van der Waals surface area contributed by atoms with E-state index in [2.05, 4.69) is 15.9 Å². The first-order valence-corrected chi connectivity index (χ1v) is 4.13. The van der Waals surface area contributed by atoms with Gasteiger partial charge in [-0.05, 0) is 24.6 Å². The van der Waals surface area contributed by atoms with E-state index in [-0.39, 0.29) is 0 Å². The Labute approximate surface area is 78.9 Å². The zero-order valence-electron chi connectivity index (χ0n) is 6.47. The third kappa shape index (κ3) is 1.54. The second kappa shape index (κ2) is 3.51. The monoisotopic (exact) mass is 223 g/mol. The van der Waals surface area contributed by atoms with Crippen LogP contribution in [0.2, 0.25) is 0 Å². The van der Waals surface area contributed by atoms with Gasteiger partial charge in [-0.2, -0.15) is 5.26 Å². The van der Waals surface area contributed by atoms with Crippen molar-refractivity contribution in [3.8, 4) is 6.07 Å². The quantitative estimate of drug-likeness (QED) is 0.687. The van der Waals surface area contributed by atoms with Gasteiger partial charge in [0.1, 0.15) is 6.07 Å². The average molecular weight is 224 g/mol. The standard InChI is InChI=1S/C9H6BrNO/c1-6-2-8(10)3-7(5-12)9(6)4-11/h2-3,5H,1H3. The van der Waals surface area contributed by atoms with E-state index in [1.165, 1.54) is 0 Å². The zero-order valence-corrected chi connectivity index (χ0v) is 8.05.